The Labute approximate surface area is 191 Å². The van der Waals surface area contributed by atoms with Gasteiger partial charge in [0.1, 0.15) is 11.4 Å². The summed E-state index contributed by atoms with van der Waals surface area (Å²) in [5.74, 6) is -1.05. The van der Waals surface area contributed by atoms with Crippen molar-refractivity contribution in [3.8, 4) is 11.5 Å². The molecule has 1 spiro atoms. The van der Waals surface area contributed by atoms with E-state index in [-0.39, 0.29) is 24.0 Å². The van der Waals surface area contributed by atoms with E-state index in [2.05, 4.69) is 5.32 Å². The van der Waals surface area contributed by atoms with Crippen molar-refractivity contribution in [1.82, 2.24) is 5.32 Å². The van der Waals surface area contributed by atoms with Crippen molar-refractivity contribution in [3.05, 3.63) is 66.0 Å². The predicted octanol–water partition coefficient (Wildman–Crippen LogP) is 2.49. The third-order valence-corrected chi connectivity index (χ3v) is 6.71. The van der Waals surface area contributed by atoms with Crippen LogP contribution in [-0.2, 0) is 20.7 Å². The first kappa shape index (κ1) is 21.5. The van der Waals surface area contributed by atoms with Crippen molar-refractivity contribution < 1.29 is 28.2 Å². The fourth-order valence-electron chi connectivity index (χ4n) is 5.16. The minimum atomic E-state index is -0.893. The van der Waals surface area contributed by atoms with Crippen LogP contribution in [0.3, 0.4) is 0 Å². The van der Waals surface area contributed by atoms with Crippen LogP contribution in [0, 0.1) is 17.7 Å². The van der Waals surface area contributed by atoms with Gasteiger partial charge in [0.15, 0.2) is 11.5 Å². The van der Waals surface area contributed by atoms with Crippen LogP contribution < -0.4 is 19.7 Å². The van der Waals surface area contributed by atoms with Crippen LogP contribution in [0.5, 0.6) is 11.5 Å². The number of anilines is 1. The van der Waals surface area contributed by atoms with Crippen LogP contribution in [0.25, 0.3) is 0 Å². The van der Waals surface area contributed by atoms with Crippen molar-refractivity contribution in [2.75, 3.05) is 32.2 Å². The average Bonchev–Trinajstić information content (AvgIpc) is 3.47. The molecule has 0 radical (unpaired) electrons. The number of para-hydroxylation sites is 1. The number of fused-ring (bicyclic) bond motifs is 1. The Bertz CT molecular complexity index is 1140. The van der Waals surface area contributed by atoms with Gasteiger partial charge in [-0.15, -0.1) is 0 Å². The lowest BCUT2D eigenvalue weighted by atomic mass is 9.77. The molecule has 2 fully saturated rings. The Morgan fingerprint density at radius 1 is 1.21 bits per heavy atom. The SMILES string of the molecule is COc1ccc(CCNC(=O)[C@H]2[C@H]3C=C[C@@]4(CN(c5ccccc5F)C(=O)[C@@H]24)O3)cc1OC. The summed E-state index contributed by atoms with van der Waals surface area (Å²) in [6.45, 7) is 0.589. The van der Waals surface area contributed by atoms with Crippen LogP contribution >= 0.6 is 0 Å². The molecule has 2 amide bonds. The summed E-state index contributed by atoms with van der Waals surface area (Å²) < 4.78 is 31.1. The molecule has 0 aliphatic carbocycles. The van der Waals surface area contributed by atoms with E-state index in [1.165, 1.54) is 11.0 Å². The van der Waals surface area contributed by atoms with E-state index in [0.717, 1.165) is 5.56 Å². The van der Waals surface area contributed by atoms with Gasteiger partial charge < -0.3 is 24.4 Å². The summed E-state index contributed by atoms with van der Waals surface area (Å²) >= 11 is 0. The van der Waals surface area contributed by atoms with Crippen molar-refractivity contribution >= 4 is 17.5 Å². The molecule has 0 saturated carbocycles. The zero-order chi connectivity index (χ0) is 23.2. The van der Waals surface area contributed by atoms with E-state index in [9.17, 15) is 14.0 Å². The Morgan fingerprint density at radius 3 is 2.76 bits per heavy atom. The molecule has 0 unspecified atom stereocenters. The van der Waals surface area contributed by atoms with Gasteiger partial charge in [0.2, 0.25) is 11.8 Å². The van der Waals surface area contributed by atoms with Gasteiger partial charge in [0.25, 0.3) is 0 Å². The van der Waals surface area contributed by atoms with Crippen LogP contribution in [0.15, 0.2) is 54.6 Å². The maximum atomic E-state index is 14.4. The van der Waals surface area contributed by atoms with Gasteiger partial charge >= 0.3 is 0 Å². The summed E-state index contributed by atoms with van der Waals surface area (Å²) in [6, 6.07) is 11.8. The van der Waals surface area contributed by atoms with Crippen molar-refractivity contribution in [1.29, 1.82) is 0 Å². The number of ether oxygens (including phenoxy) is 3. The van der Waals surface area contributed by atoms with Crippen LogP contribution in [0.2, 0.25) is 0 Å². The Kier molecular flexibility index (Phi) is 5.32. The molecule has 33 heavy (non-hydrogen) atoms. The van der Waals surface area contributed by atoms with E-state index < -0.39 is 29.4 Å². The van der Waals surface area contributed by atoms with E-state index in [0.29, 0.717) is 24.5 Å². The topological polar surface area (TPSA) is 77.1 Å². The highest BCUT2D eigenvalue weighted by Crippen LogP contribution is 2.52. The summed E-state index contributed by atoms with van der Waals surface area (Å²) in [6.07, 6.45) is 3.83. The number of nitrogens with one attached hydrogen (secondary N) is 1. The largest absolute Gasteiger partial charge is 0.493 e. The van der Waals surface area contributed by atoms with E-state index in [4.69, 9.17) is 14.2 Å². The number of hydrogen-bond donors (Lipinski definition) is 1. The molecular weight excluding hydrogens is 427 g/mol. The maximum absolute atomic E-state index is 14.4. The highest BCUT2D eigenvalue weighted by atomic mass is 19.1. The molecular formula is C25H25FN2O5. The minimum Gasteiger partial charge on any atom is -0.493 e. The second kappa shape index (κ2) is 8.19. The first-order chi connectivity index (χ1) is 16.0. The number of rotatable bonds is 7. The molecule has 3 heterocycles. The molecule has 2 aromatic rings. The van der Waals surface area contributed by atoms with Crippen LogP contribution in [0.4, 0.5) is 10.1 Å². The zero-order valence-electron chi connectivity index (χ0n) is 18.4. The van der Waals surface area contributed by atoms with Crippen LogP contribution in [0.1, 0.15) is 5.56 Å². The monoisotopic (exact) mass is 452 g/mol. The summed E-state index contributed by atoms with van der Waals surface area (Å²) in [4.78, 5) is 27.8. The highest BCUT2D eigenvalue weighted by Gasteiger charge is 2.67. The fraction of sp³-hybridized carbons (Fsp3) is 0.360. The summed E-state index contributed by atoms with van der Waals surface area (Å²) in [7, 11) is 3.15. The van der Waals surface area contributed by atoms with Gasteiger partial charge in [-0.05, 0) is 36.2 Å². The first-order valence-corrected chi connectivity index (χ1v) is 10.9. The molecule has 8 heteroatoms. The van der Waals surface area contributed by atoms with Gasteiger partial charge in [0.05, 0.1) is 44.4 Å². The molecule has 5 rings (SSSR count). The number of halogens is 1. The molecule has 7 nitrogen and oxygen atoms in total. The molecule has 1 N–H and O–H groups in total. The predicted molar refractivity (Wildman–Crippen MR) is 119 cm³/mol. The molecule has 3 aliphatic rings. The van der Waals surface area contributed by atoms with Gasteiger partial charge in [-0.3, -0.25) is 9.59 Å². The van der Waals surface area contributed by atoms with E-state index in [1.54, 1.807) is 32.4 Å². The van der Waals surface area contributed by atoms with Crippen LogP contribution in [-0.4, -0.2) is 50.8 Å². The quantitative estimate of drug-likeness (QED) is 0.654. The van der Waals surface area contributed by atoms with Crippen molar-refractivity contribution in [2.24, 2.45) is 11.8 Å². The number of carbonyl (C=O) groups excluding carboxylic acids is 2. The second-order valence-corrected chi connectivity index (χ2v) is 8.51. The lowest BCUT2D eigenvalue weighted by Crippen LogP contribution is -2.44. The van der Waals surface area contributed by atoms with Gasteiger partial charge in [0, 0.05) is 6.54 Å². The summed E-state index contributed by atoms with van der Waals surface area (Å²) in [5, 5.41) is 2.95. The smallest absolute Gasteiger partial charge is 0.234 e. The van der Waals surface area contributed by atoms with E-state index >= 15 is 0 Å². The Hall–Kier alpha value is -3.39. The Balaban J connectivity index is 1.28. The standard InChI is InChI=1S/C25H25FN2O5/c1-31-18-8-7-15(13-20(18)32-2)10-12-27-23(29)21-19-9-11-25(33-19)14-28(24(30)22(21)25)17-6-4-3-5-16(17)26/h3-9,11,13,19,21-22H,10,12,14H2,1-2H3,(H,27,29)/t19-,21+,22-,25+/m1/s1. The first-order valence-electron chi connectivity index (χ1n) is 10.9. The second-order valence-electron chi connectivity index (χ2n) is 8.51. The third-order valence-electron chi connectivity index (χ3n) is 6.71. The van der Waals surface area contributed by atoms with Crippen molar-refractivity contribution in [3.63, 3.8) is 0 Å². The molecule has 3 aliphatic heterocycles. The lowest BCUT2D eigenvalue weighted by molar-refractivity contribution is -0.131. The minimum absolute atomic E-state index is 0.194. The Morgan fingerprint density at radius 2 is 2.00 bits per heavy atom. The van der Waals surface area contributed by atoms with Crippen molar-refractivity contribution in [2.45, 2.75) is 18.1 Å². The zero-order valence-corrected chi connectivity index (χ0v) is 18.4. The summed E-state index contributed by atoms with van der Waals surface area (Å²) in [5.41, 5.74) is 0.297. The molecule has 2 bridgehead atoms. The number of nitrogens with zero attached hydrogens (tertiary/aromatic N) is 1. The highest BCUT2D eigenvalue weighted by molar-refractivity contribution is 6.03. The lowest BCUT2D eigenvalue weighted by Gasteiger charge is -2.23. The molecule has 4 atom stereocenters. The number of hydrogen-bond acceptors (Lipinski definition) is 5. The van der Waals surface area contributed by atoms with Gasteiger partial charge in [-0.25, -0.2) is 4.39 Å². The number of methoxy groups -OCH3 is 2. The van der Waals surface area contributed by atoms with E-state index in [1.807, 2.05) is 30.4 Å². The normalized spacial score (nSPS) is 27.1. The average molecular weight is 452 g/mol. The molecule has 2 aromatic carbocycles. The molecule has 0 aromatic heterocycles. The number of benzene rings is 2. The molecule has 172 valence electrons. The van der Waals surface area contributed by atoms with Gasteiger partial charge in [-0.1, -0.05) is 30.4 Å². The number of carbonyl (C=O) groups is 2. The maximum Gasteiger partial charge on any atom is 0.234 e. The van der Waals surface area contributed by atoms with Gasteiger partial charge in [-0.2, -0.15) is 0 Å². The number of amides is 2. The molecule has 2 saturated heterocycles. The fourth-order valence-corrected chi connectivity index (χ4v) is 5.16. The third kappa shape index (κ3) is 3.45.